The summed E-state index contributed by atoms with van der Waals surface area (Å²) < 4.78 is 9.04. The van der Waals surface area contributed by atoms with Crippen LogP contribution in [0.4, 0.5) is 0 Å². The molecule has 0 aliphatic heterocycles. The third-order valence-electron chi connectivity index (χ3n) is 5.30. The average Bonchev–Trinajstić information content (AvgIpc) is 3.62. The van der Waals surface area contributed by atoms with Crippen LogP contribution in [0, 0.1) is 6.92 Å². The van der Waals surface area contributed by atoms with E-state index in [9.17, 15) is 4.79 Å². The molecule has 0 saturated carbocycles. The molecule has 0 amide bonds. The monoisotopic (exact) mass is 451 g/mol. The number of aromatic nitrogens is 5. The molecule has 2 aromatic carbocycles. The van der Waals surface area contributed by atoms with E-state index in [2.05, 4.69) is 29.1 Å². The van der Waals surface area contributed by atoms with E-state index in [1.165, 1.54) is 21.4 Å². The van der Waals surface area contributed by atoms with Gasteiger partial charge in [0.1, 0.15) is 0 Å². The maximum absolute atomic E-state index is 13.1. The van der Waals surface area contributed by atoms with Gasteiger partial charge in [0.05, 0.1) is 22.2 Å². The molecule has 0 unspecified atom stereocenters. The predicted molar refractivity (Wildman–Crippen MR) is 127 cm³/mol. The van der Waals surface area contributed by atoms with Crippen LogP contribution in [0.3, 0.4) is 0 Å². The van der Waals surface area contributed by atoms with Crippen molar-refractivity contribution in [1.29, 1.82) is 0 Å². The fourth-order valence-corrected chi connectivity index (χ4v) is 4.53. The molecule has 0 fully saturated rings. The first-order valence-electron chi connectivity index (χ1n) is 10.3. The van der Waals surface area contributed by atoms with Crippen molar-refractivity contribution in [2.24, 2.45) is 0 Å². The number of furan rings is 1. The van der Waals surface area contributed by atoms with E-state index < -0.39 is 0 Å². The molecule has 0 saturated heterocycles. The predicted octanol–water partition coefficient (Wildman–Crippen LogP) is 4.12. The molecule has 0 spiro atoms. The van der Waals surface area contributed by atoms with Crippen LogP contribution in [0.25, 0.3) is 39.6 Å². The van der Waals surface area contributed by atoms with Gasteiger partial charge < -0.3 is 4.42 Å². The van der Waals surface area contributed by atoms with Gasteiger partial charge in [-0.3, -0.25) is 4.79 Å². The molecule has 4 heterocycles. The highest BCUT2D eigenvalue weighted by Gasteiger charge is 2.15. The minimum absolute atomic E-state index is 0.220. The number of para-hydroxylation sites is 1. The first-order chi connectivity index (χ1) is 16.2. The standard InChI is InChI=1S/C25H17N5O2S/c1-16-9-11-17(12-10-16)22-18(15-29(27-22)19-6-3-2-4-7-19)14-21-24(31)30-25(33-21)26-23(28-30)20-8-5-13-32-20/h2-15H,1H3. The Kier molecular flexibility index (Phi) is 4.51. The molecule has 6 rings (SSSR count). The summed E-state index contributed by atoms with van der Waals surface area (Å²) in [6.45, 7) is 2.05. The topological polar surface area (TPSA) is 78.2 Å². The van der Waals surface area contributed by atoms with Crippen molar-refractivity contribution in [2.45, 2.75) is 6.92 Å². The highest BCUT2D eigenvalue weighted by molar-refractivity contribution is 7.15. The first-order valence-corrected chi connectivity index (χ1v) is 11.1. The fourth-order valence-electron chi connectivity index (χ4n) is 3.63. The third-order valence-corrected chi connectivity index (χ3v) is 6.26. The number of benzene rings is 2. The van der Waals surface area contributed by atoms with Gasteiger partial charge >= 0.3 is 0 Å². The number of hydrogen-bond donors (Lipinski definition) is 0. The second kappa shape index (κ2) is 7.68. The van der Waals surface area contributed by atoms with Crippen LogP contribution in [-0.2, 0) is 0 Å². The van der Waals surface area contributed by atoms with E-state index in [1.807, 2.05) is 59.4 Å². The zero-order valence-electron chi connectivity index (χ0n) is 17.5. The minimum Gasteiger partial charge on any atom is -0.461 e. The zero-order valence-corrected chi connectivity index (χ0v) is 18.4. The molecule has 8 heteroatoms. The molecular formula is C25H17N5O2S. The van der Waals surface area contributed by atoms with Crippen LogP contribution in [-0.4, -0.2) is 24.4 Å². The molecule has 0 N–H and O–H groups in total. The maximum Gasteiger partial charge on any atom is 0.291 e. The molecule has 0 aliphatic rings. The Bertz CT molecular complexity index is 1680. The van der Waals surface area contributed by atoms with Gasteiger partial charge in [-0.2, -0.15) is 14.6 Å². The molecule has 0 aliphatic carbocycles. The summed E-state index contributed by atoms with van der Waals surface area (Å²) in [5.74, 6) is 0.925. The highest BCUT2D eigenvalue weighted by atomic mass is 32.1. The van der Waals surface area contributed by atoms with Gasteiger partial charge in [-0.1, -0.05) is 59.4 Å². The Morgan fingerprint density at radius 1 is 0.970 bits per heavy atom. The number of nitrogens with zero attached hydrogens (tertiary/aromatic N) is 5. The van der Waals surface area contributed by atoms with Crippen molar-refractivity contribution in [2.75, 3.05) is 0 Å². The minimum atomic E-state index is -0.220. The van der Waals surface area contributed by atoms with Crippen molar-refractivity contribution in [3.8, 4) is 28.5 Å². The third kappa shape index (κ3) is 3.46. The second-order valence-corrected chi connectivity index (χ2v) is 8.61. The van der Waals surface area contributed by atoms with Crippen molar-refractivity contribution in [1.82, 2.24) is 24.4 Å². The number of hydrogen-bond acceptors (Lipinski definition) is 6. The summed E-state index contributed by atoms with van der Waals surface area (Å²) in [5, 5.41) is 9.16. The summed E-state index contributed by atoms with van der Waals surface area (Å²) in [5.41, 5.74) is 4.52. The fraction of sp³-hybridized carbons (Fsp3) is 0.0400. The van der Waals surface area contributed by atoms with Gasteiger partial charge in [0.2, 0.25) is 10.8 Å². The van der Waals surface area contributed by atoms with Crippen LogP contribution in [0.2, 0.25) is 0 Å². The second-order valence-electron chi connectivity index (χ2n) is 7.60. The Balaban J connectivity index is 1.51. The van der Waals surface area contributed by atoms with E-state index >= 15 is 0 Å². The Hall–Kier alpha value is -4.30. The van der Waals surface area contributed by atoms with Gasteiger partial charge in [-0.15, -0.1) is 5.10 Å². The summed E-state index contributed by atoms with van der Waals surface area (Å²) in [6, 6.07) is 21.6. The molecule has 0 bridgehead atoms. The normalized spacial score (nSPS) is 12.1. The van der Waals surface area contributed by atoms with Crippen LogP contribution in [0.1, 0.15) is 11.1 Å². The maximum atomic E-state index is 13.1. The first kappa shape index (κ1) is 19.4. The SMILES string of the molecule is Cc1ccc(-c2nn(-c3ccccc3)cc2C=c2sc3nc(-c4ccco4)nn3c2=O)cc1. The molecule has 0 radical (unpaired) electrons. The number of thiazole rings is 1. The lowest BCUT2D eigenvalue weighted by atomic mass is 10.1. The van der Waals surface area contributed by atoms with Gasteiger partial charge in [-0.05, 0) is 37.3 Å². The van der Waals surface area contributed by atoms with E-state index in [0.717, 1.165) is 22.5 Å². The van der Waals surface area contributed by atoms with Crippen LogP contribution >= 0.6 is 11.3 Å². The summed E-state index contributed by atoms with van der Waals surface area (Å²) in [7, 11) is 0. The van der Waals surface area contributed by atoms with Crippen molar-refractivity contribution < 1.29 is 4.42 Å². The lowest BCUT2D eigenvalue weighted by Crippen LogP contribution is -2.23. The molecule has 6 aromatic rings. The molecule has 7 nitrogen and oxygen atoms in total. The zero-order chi connectivity index (χ0) is 22.4. The van der Waals surface area contributed by atoms with Gasteiger partial charge in [-0.25, -0.2) is 4.68 Å². The molecular weight excluding hydrogens is 434 g/mol. The summed E-state index contributed by atoms with van der Waals surface area (Å²) in [6.07, 6.45) is 5.35. The van der Waals surface area contributed by atoms with Crippen LogP contribution in [0.15, 0.2) is 88.4 Å². The summed E-state index contributed by atoms with van der Waals surface area (Å²) >= 11 is 1.29. The van der Waals surface area contributed by atoms with E-state index in [4.69, 9.17) is 9.52 Å². The van der Waals surface area contributed by atoms with Crippen molar-refractivity contribution in [3.63, 3.8) is 0 Å². The van der Waals surface area contributed by atoms with Crippen molar-refractivity contribution in [3.05, 3.63) is 105 Å². The number of aryl methyl sites for hydroxylation is 1. The molecule has 4 aromatic heterocycles. The van der Waals surface area contributed by atoms with Crippen molar-refractivity contribution >= 4 is 22.4 Å². The Morgan fingerprint density at radius 3 is 2.52 bits per heavy atom. The average molecular weight is 452 g/mol. The Labute approximate surface area is 191 Å². The quantitative estimate of drug-likeness (QED) is 0.403. The molecule has 0 atom stereocenters. The van der Waals surface area contributed by atoms with E-state index in [0.29, 0.717) is 21.1 Å². The van der Waals surface area contributed by atoms with Crippen LogP contribution in [0.5, 0.6) is 0 Å². The van der Waals surface area contributed by atoms with E-state index in [1.54, 1.807) is 18.4 Å². The van der Waals surface area contributed by atoms with Crippen LogP contribution < -0.4 is 10.1 Å². The number of fused-ring (bicyclic) bond motifs is 1. The highest BCUT2D eigenvalue weighted by Crippen LogP contribution is 2.25. The molecule has 160 valence electrons. The smallest absolute Gasteiger partial charge is 0.291 e. The largest absolute Gasteiger partial charge is 0.461 e. The van der Waals surface area contributed by atoms with Gasteiger partial charge in [0, 0.05) is 17.3 Å². The van der Waals surface area contributed by atoms with E-state index in [-0.39, 0.29) is 5.56 Å². The number of rotatable bonds is 4. The lowest BCUT2D eigenvalue weighted by molar-refractivity contribution is 0.577. The van der Waals surface area contributed by atoms with Gasteiger partial charge in [0.15, 0.2) is 5.76 Å². The molecule has 33 heavy (non-hydrogen) atoms. The summed E-state index contributed by atoms with van der Waals surface area (Å²) in [4.78, 5) is 18.0. The lowest BCUT2D eigenvalue weighted by Gasteiger charge is -2.01. The van der Waals surface area contributed by atoms with Gasteiger partial charge in [0.25, 0.3) is 5.56 Å². The Morgan fingerprint density at radius 2 is 1.79 bits per heavy atom.